The van der Waals surface area contributed by atoms with Crippen molar-refractivity contribution in [1.82, 2.24) is 9.38 Å². The number of hydrogen-bond donors (Lipinski definition) is 1. The van der Waals surface area contributed by atoms with Crippen molar-refractivity contribution in [2.24, 2.45) is 0 Å². The van der Waals surface area contributed by atoms with Crippen molar-refractivity contribution in [2.75, 3.05) is 23.9 Å². The Morgan fingerprint density at radius 3 is 2.92 bits per heavy atom. The van der Waals surface area contributed by atoms with E-state index in [1.54, 1.807) is 32.2 Å². The SMILES string of the molecule is Cc1nc2ccc(F)cn2c1C(=O)Nc1ccc2c(c1)OCC(=O)N2C. The summed E-state index contributed by atoms with van der Waals surface area (Å²) < 4.78 is 20.4. The molecular weight excluding hydrogens is 339 g/mol. The number of aryl methyl sites for hydroxylation is 1. The van der Waals surface area contributed by atoms with Gasteiger partial charge < -0.3 is 15.0 Å². The molecule has 26 heavy (non-hydrogen) atoms. The number of carbonyl (C=O) groups is 2. The molecule has 1 N–H and O–H groups in total. The molecule has 0 radical (unpaired) electrons. The summed E-state index contributed by atoms with van der Waals surface area (Å²) >= 11 is 0. The van der Waals surface area contributed by atoms with Crippen LogP contribution in [-0.4, -0.2) is 34.9 Å². The number of pyridine rings is 1. The van der Waals surface area contributed by atoms with Crippen LogP contribution in [0.15, 0.2) is 36.5 Å². The molecule has 7 nitrogen and oxygen atoms in total. The van der Waals surface area contributed by atoms with E-state index in [9.17, 15) is 14.0 Å². The van der Waals surface area contributed by atoms with Gasteiger partial charge in [0.05, 0.1) is 11.4 Å². The zero-order valence-corrected chi connectivity index (χ0v) is 14.1. The van der Waals surface area contributed by atoms with Gasteiger partial charge in [0.25, 0.3) is 11.8 Å². The molecule has 0 spiro atoms. The fourth-order valence-electron chi connectivity index (χ4n) is 2.96. The average molecular weight is 354 g/mol. The van der Waals surface area contributed by atoms with E-state index < -0.39 is 11.7 Å². The normalized spacial score (nSPS) is 13.5. The van der Waals surface area contributed by atoms with Crippen molar-refractivity contribution in [2.45, 2.75) is 6.92 Å². The number of ether oxygens (including phenoxy) is 1. The topological polar surface area (TPSA) is 75.9 Å². The van der Waals surface area contributed by atoms with Gasteiger partial charge in [-0.05, 0) is 31.2 Å². The van der Waals surface area contributed by atoms with E-state index in [1.165, 1.54) is 27.6 Å². The molecule has 0 aliphatic carbocycles. The Morgan fingerprint density at radius 1 is 1.31 bits per heavy atom. The molecule has 2 aromatic heterocycles. The van der Waals surface area contributed by atoms with E-state index in [1.807, 2.05) is 0 Å². The van der Waals surface area contributed by atoms with Gasteiger partial charge in [-0.1, -0.05) is 0 Å². The van der Waals surface area contributed by atoms with Crippen molar-refractivity contribution < 1.29 is 18.7 Å². The Kier molecular flexibility index (Phi) is 3.61. The van der Waals surface area contributed by atoms with Crippen LogP contribution in [0.1, 0.15) is 16.2 Å². The van der Waals surface area contributed by atoms with Gasteiger partial charge in [0.15, 0.2) is 6.61 Å². The highest BCUT2D eigenvalue weighted by atomic mass is 19.1. The number of hydrogen-bond acceptors (Lipinski definition) is 4. The minimum atomic E-state index is -0.459. The van der Waals surface area contributed by atoms with Crippen molar-refractivity contribution in [3.05, 3.63) is 53.7 Å². The standard InChI is InChI=1S/C18H15FN4O3/c1-10-17(23-8-11(19)3-6-15(23)20-10)18(25)21-12-4-5-13-14(7-12)26-9-16(24)22(13)2/h3-8H,9H2,1-2H3,(H,21,25). The summed E-state index contributed by atoms with van der Waals surface area (Å²) in [5, 5.41) is 2.77. The molecule has 0 saturated carbocycles. The van der Waals surface area contributed by atoms with Gasteiger partial charge in [0.1, 0.15) is 22.9 Å². The summed E-state index contributed by atoms with van der Waals surface area (Å²) in [4.78, 5) is 30.1. The third-order valence-corrected chi connectivity index (χ3v) is 4.28. The first kappa shape index (κ1) is 16.1. The molecule has 0 unspecified atom stereocenters. The Hall–Kier alpha value is -3.42. The fourth-order valence-corrected chi connectivity index (χ4v) is 2.96. The molecule has 0 bridgehead atoms. The fraction of sp³-hybridized carbons (Fsp3) is 0.167. The van der Waals surface area contributed by atoms with Crippen LogP contribution in [0.2, 0.25) is 0 Å². The van der Waals surface area contributed by atoms with Gasteiger partial charge in [-0.3, -0.25) is 14.0 Å². The van der Waals surface area contributed by atoms with Gasteiger partial charge >= 0.3 is 0 Å². The minimum absolute atomic E-state index is 0.0491. The maximum atomic E-state index is 13.5. The highest BCUT2D eigenvalue weighted by Crippen LogP contribution is 2.33. The second-order valence-electron chi connectivity index (χ2n) is 6.00. The van der Waals surface area contributed by atoms with E-state index in [0.29, 0.717) is 28.5 Å². The van der Waals surface area contributed by atoms with Crippen molar-refractivity contribution in [1.29, 1.82) is 0 Å². The van der Waals surface area contributed by atoms with Crippen molar-refractivity contribution in [3.8, 4) is 5.75 Å². The Balaban J connectivity index is 1.66. The van der Waals surface area contributed by atoms with Crippen LogP contribution < -0.4 is 15.0 Å². The average Bonchev–Trinajstić information content (AvgIpc) is 2.93. The number of likely N-dealkylation sites (N-methyl/N-ethyl adjacent to an activating group) is 1. The lowest BCUT2D eigenvalue weighted by molar-refractivity contribution is -0.120. The van der Waals surface area contributed by atoms with Crippen LogP contribution in [0.25, 0.3) is 5.65 Å². The van der Waals surface area contributed by atoms with Crippen LogP contribution in [-0.2, 0) is 4.79 Å². The first-order valence-electron chi connectivity index (χ1n) is 7.93. The summed E-state index contributed by atoms with van der Waals surface area (Å²) in [5.41, 5.74) is 2.37. The predicted molar refractivity (Wildman–Crippen MR) is 93.2 cm³/mol. The quantitative estimate of drug-likeness (QED) is 0.767. The van der Waals surface area contributed by atoms with Gasteiger partial charge in [-0.2, -0.15) is 0 Å². The predicted octanol–water partition coefficient (Wildman–Crippen LogP) is 2.39. The molecule has 3 heterocycles. The largest absolute Gasteiger partial charge is 0.481 e. The maximum absolute atomic E-state index is 13.5. The molecule has 8 heteroatoms. The molecule has 132 valence electrons. The number of nitrogens with one attached hydrogen (secondary N) is 1. The summed E-state index contributed by atoms with van der Waals surface area (Å²) in [6.07, 6.45) is 1.22. The van der Waals surface area contributed by atoms with E-state index >= 15 is 0 Å². The van der Waals surface area contributed by atoms with Crippen LogP contribution in [0, 0.1) is 12.7 Å². The number of benzene rings is 1. The number of nitrogens with zero attached hydrogens (tertiary/aromatic N) is 3. The lowest BCUT2D eigenvalue weighted by Gasteiger charge is -2.26. The highest BCUT2D eigenvalue weighted by molar-refractivity contribution is 6.05. The number of imidazole rings is 1. The zero-order chi connectivity index (χ0) is 18.4. The minimum Gasteiger partial charge on any atom is -0.481 e. The molecule has 0 atom stereocenters. The molecule has 1 aliphatic heterocycles. The Labute approximate surface area is 148 Å². The number of fused-ring (bicyclic) bond motifs is 2. The summed E-state index contributed by atoms with van der Waals surface area (Å²) in [5.74, 6) is -0.511. The van der Waals surface area contributed by atoms with E-state index in [0.717, 1.165) is 0 Å². The third-order valence-electron chi connectivity index (χ3n) is 4.28. The molecule has 1 aromatic carbocycles. The van der Waals surface area contributed by atoms with Crippen LogP contribution in [0.3, 0.4) is 0 Å². The number of aromatic nitrogens is 2. The van der Waals surface area contributed by atoms with E-state index in [2.05, 4.69) is 10.3 Å². The lowest BCUT2D eigenvalue weighted by Crippen LogP contribution is -2.35. The Bertz CT molecular complexity index is 1060. The van der Waals surface area contributed by atoms with Crippen LogP contribution in [0.5, 0.6) is 5.75 Å². The molecule has 2 amide bonds. The first-order valence-corrected chi connectivity index (χ1v) is 7.93. The number of rotatable bonds is 2. The summed E-state index contributed by atoms with van der Waals surface area (Å²) in [6.45, 7) is 1.64. The first-order chi connectivity index (χ1) is 12.4. The zero-order valence-electron chi connectivity index (χ0n) is 14.1. The lowest BCUT2D eigenvalue weighted by atomic mass is 10.2. The molecule has 0 saturated heterocycles. The van der Waals surface area contributed by atoms with Crippen LogP contribution in [0.4, 0.5) is 15.8 Å². The molecule has 0 fully saturated rings. The Morgan fingerprint density at radius 2 is 2.12 bits per heavy atom. The molecule has 4 rings (SSSR count). The second kappa shape index (κ2) is 5.83. The van der Waals surface area contributed by atoms with E-state index in [-0.39, 0.29) is 18.2 Å². The monoisotopic (exact) mass is 354 g/mol. The van der Waals surface area contributed by atoms with Gasteiger partial charge in [0, 0.05) is 25.0 Å². The third kappa shape index (κ3) is 2.55. The second-order valence-corrected chi connectivity index (χ2v) is 6.00. The number of halogens is 1. The van der Waals surface area contributed by atoms with Crippen molar-refractivity contribution >= 4 is 28.8 Å². The molecular formula is C18H15FN4O3. The van der Waals surface area contributed by atoms with Gasteiger partial charge in [-0.15, -0.1) is 0 Å². The maximum Gasteiger partial charge on any atom is 0.274 e. The number of amides is 2. The summed E-state index contributed by atoms with van der Waals surface area (Å²) in [6, 6.07) is 7.83. The smallest absolute Gasteiger partial charge is 0.274 e. The number of carbonyl (C=O) groups excluding carboxylic acids is 2. The van der Waals surface area contributed by atoms with Gasteiger partial charge in [0.2, 0.25) is 0 Å². The summed E-state index contributed by atoms with van der Waals surface area (Å²) in [7, 11) is 1.66. The van der Waals surface area contributed by atoms with Gasteiger partial charge in [-0.25, -0.2) is 9.37 Å². The van der Waals surface area contributed by atoms with E-state index in [4.69, 9.17) is 4.74 Å². The highest BCUT2D eigenvalue weighted by Gasteiger charge is 2.23. The molecule has 3 aromatic rings. The van der Waals surface area contributed by atoms with Crippen molar-refractivity contribution in [3.63, 3.8) is 0 Å². The molecule has 1 aliphatic rings. The van der Waals surface area contributed by atoms with Crippen LogP contribution >= 0.6 is 0 Å². The number of anilines is 2.